The van der Waals surface area contributed by atoms with Crippen LogP contribution >= 0.6 is 11.3 Å². The normalized spacial score (nSPS) is 23.5. The fourth-order valence-electron chi connectivity index (χ4n) is 6.17. The van der Waals surface area contributed by atoms with E-state index in [1.54, 1.807) is 6.07 Å². The van der Waals surface area contributed by atoms with Gasteiger partial charge in [0.25, 0.3) is 5.91 Å². The number of aromatic nitrogens is 2. The van der Waals surface area contributed by atoms with Crippen LogP contribution in [0.15, 0.2) is 36.7 Å². The monoisotopic (exact) mass is 574 g/mol. The minimum Gasteiger partial charge on any atom is -0.382 e. The number of halogens is 3. The number of alkyl halides is 3. The molecular formula is C28H33F3N6O2S. The molecule has 1 saturated carbocycles. The van der Waals surface area contributed by atoms with E-state index in [1.807, 2.05) is 24.3 Å². The summed E-state index contributed by atoms with van der Waals surface area (Å²) in [6, 6.07) is 9.56. The fraction of sp³-hybridized carbons (Fsp3) is 0.536. The summed E-state index contributed by atoms with van der Waals surface area (Å²) in [4.78, 5) is 26.6. The van der Waals surface area contributed by atoms with Crippen LogP contribution in [0.1, 0.15) is 34.5 Å². The van der Waals surface area contributed by atoms with Crippen molar-refractivity contribution in [1.29, 1.82) is 0 Å². The van der Waals surface area contributed by atoms with Crippen molar-refractivity contribution >= 4 is 39.0 Å². The second kappa shape index (κ2) is 11.1. The van der Waals surface area contributed by atoms with Gasteiger partial charge in [0, 0.05) is 61.4 Å². The molecule has 0 bridgehead atoms. The zero-order chi connectivity index (χ0) is 27.7. The Morgan fingerprint density at radius 3 is 2.65 bits per heavy atom. The molecule has 214 valence electrons. The number of hydrogen-bond acceptors (Lipinski definition) is 8. The highest BCUT2D eigenvalue weighted by molar-refractivity contribution is 7.18. The molecule has 12 heteroatoms. The fourth-order valence-corrected chi connectivity index (χ4v) is 7.20. The van der Waals surface area contributed by atoms with Gasteiger partial charge in [-0.3, -0.25) is 9.69 Å². The van der Waals surface area contributed by atoms with Crippen LogP contribution in [0, 0.1) is 5.41 Å². The third kappa shape index (κ3) is 6.18. The van der Waals surface area contributed by atoms with Gasteiger partial charge >= 0.3 is 6.18 Å². The highest BCUT2D eigenvalue weighted by Gasteiger charge is 2.49. The molecule has 4 heterocycles. The van der Waals surface area contributed by atoms with E-state index in [1.165, 1.54) is 6.33 Å². The van der Waals surface area contributed by atoms with Gasteiger partial charge in [0.2, 0.25) is 0 Å². The van der Waals surface area contributed by atoms with Crippen LogP contribution in [0.2, 0.25) is 0 Å². The van der Waals surface area contributed by atoms with Crippen LogP contribution < -0.4 is 15.5 Å². The molecule has 6 rings (SSSR count). The number of hydrogen-bond donors (Lipinski definition) is 2. The molecule has 0 unspecified atom stereocenters. The van der Waals surface area contributed by atoms with Crippen molar-refractivity contribution in [3.63, 3.8) is 0 Å². The van der Waals surface area contributed by atoms with Gasteiger partial charge in [0.1, 0.15) is 17.0 Å². The first kappa shape index (κ1) is 27.2. The average molecular weight is 575 g/mol. The third-order valence-corrected chi connectivity index (χ3v) is 9.21. The molecule has 2 aromatic heterocycles. The summed E-state index contributed by atoms with van der Waals surface area (Å²) in [5, 5.41) is 7.30. The topological polar surface area (TPSA) is 82.6 Å². The molecule has 0 atom stereocenters. The van der Waals surface area contributed by atoms with Gasteiger partial charge in [-0.25, -0.2) is 9.97 Å². The van der Waals surface area contributed by atoms with Gasteiger partial charge in [0.05, 0.1) is 25.0 Å². The Morgan fingerprint density at radius 1 is 1.12 bits per heavy atom. The number of fused-ring (bicyclic) bond motifs is 1. The molecule has 1 aromatic carbocycles. The summed E-state index contributed by atoms with van der Waals surface area (Å²) < 4.78 is 44.1. The number of morpholine rings is 1. The Balaban J connectivity index is 0.989. The number of benzene rings is 1. The molecule has 2 N–H and O–H groups in total. The van der Waals surface area contributed by atoms with Gasteiger partial charge in [-0.2, -0.15) is 13.2 Å². The highest BCUT2D eigenvalue weighted by atomic mass is 32.1. The van der Waals surface area contributed by atoms with E-state index >= 15 is 0 Å². The van der Waals surface area contributed by atoms with Crippen LogP contribution in [0.5, 0.6) is 0 Å². The lowest BCUT2D eigenvalue weighted by Gasteiger charge is -2.46. The van der Waals surface area contributed by atoms with E-state index in [-0.39, 0.29) is 16.2 Å². The average Bonchev–Trinajstić information content (AvgIpc) is 3.53. The zero-order valence-electron chi connectivity index (χ0n) is 22.2. The van der Waals surface area contributed by atoms with Gasteiger partial charge in [-0.1, -0.05) is 0 Å². The van der Waals surface area contributed by atoms with Crippen LogP contribution in [0.25, 0.3) is 10.2 Å². The van der Waals surface area contributed by atoms with Crippen molar-refractivity contribution < 1.29 is 22.7 Å². The van der Waals surface area contributed by atoms with Crippen molar-refractivity contribution in [3.8, 4) is 0 Å². The second-order valence-electron chi connectivity index (χ2n) is 11.1. The zero-order valence-corrected chi connectivity index (χ0v) is 23.0. The minimum atomic E-state index is -4.24. The van der Waals surface area contributed by atoms with Crippen molar-refractivity contribution in [3.05, 3.63) is 47.1 Å². The lowest BCUT2D eigenvalue weighted by atomic mass is 9.65. The van der Waals surface area contributed by atoms with Crippen molar-refractivity contribution in [1.82, 2.24) is 20.2 Å². The molecule has 2 aliphatic heterocycles. The maximum atomic E-state index is 12.9. The van der Waals surface area contributed by atoms with Gasteiger partial charge in [0.15, 0.2) is 0 Å². The standard InChI is InChI=1S/C28H33F3N6O2S/c29-28(30,31)16-22-13-23-24(33-18-34-26(23)40-22)37-7-5-27(17-37)14-21(15-27)35-20-3-1-19(2-4-20)25(38)32-6-8-36-9-11-39-12-10-36/h1-4,13,18,21,35H,5-12,14-17H2,(H,32,38). The number of nitrogens with one attached hydrogen (secondary N) is 2. The van der Waals surface area contributed by atoms with Gasteiger partial charge in [-0.05, 0) is 55.0 Å². The van der Waals surface area contributed by atoms with Gasteiger partial charge < -0.3 is 20.3 Å². The van der Waals surface area contributed by atoms with E-state index in [4.69, 9.17) is 4.74 Å². The lowest BCUT2D eigenvalue weighted by molar-refractivity contribution is -0.126. The SMILES string of the molecule is O=C(NCCN1CCOCC1)c1ccc(NC2CC3(CCN(c4ncnc5sc(CC(F)(F)F)cc45)C3)C2)cc1. The first-order valence-corrected chi connectivity index (χ1v) is 14.6. The predicted molar refractivity (Wildman–Crippen MR) is 149 cm³/mol. The Labute approximate surface area is 234 Å². The Hall–Kier alpha value is -2.96. The van der Waals surface area contributed by atoms with Gasteiger partial charge in [-0.15, -0.1) is 11.3 Å². The van der Waals surface area contributed by atoms with E-state index in [2.05, 4.69) is 30.4 Å². The van der Waals surface area contributed by atoms with Crippen LogP contribution in [0.3, 0.4) is 0 Å². The maximum Gasteiger partial charge on any atom is 0.393 e. The highest BCUT2D eigenvalue weighted by Crippen LogP contribution is 2.50. The van der Waals surface area contributed by atoms with Crippen LogP contribution in [0.4, 0.5) is 24.7 Å². The molecule has 3 fully saturated rings. The molecule has 1 spiro atoms. The third-order valence-electron chi connectivity index (χ3n) is 8.17. The Bertz CT molecular complexity index is 1340. The minimum absolute atomic E-state index is 0.0663. The largest absolute Gasteiger partial charge is 0.393 e. The molecule has 3 aliphatic rings. The van der Waals surface area contributed by atoms with E-state index in [0.29, 0.717) is 28.4 Å². The maximum absolute atomic E-state index is 12.9. The quantitative estimate of drug-likeness (QED) is 0.415. The summed E-state index contributed by atoms with van der Waals surface area (Å²) in [6.45, 7) is 6.41. The smallest absolute Gasteiger partial charge is 0.382 e. The second-order valence-corrected chi connectivity index (χ2v) is 12.2. The summed E-state index contributed by atoms with van der Waals surface area (Å²) in [7, 11) is 0. The number of nitrogens with zero attached hydrogens (tertiary/aromatic N) is 4. The molecule has 2 saturated heterocycles. The van der Waals surface area contributed by atoms with Crippen molar-refractivity contribution in [2.45, 2.75) is 37.9 Å². The van der Waals surface area contributed by atoms with Crippen molar-refractivity contribution in [2.24, 2.45) is 5.41 Å². The molecule has 8 nitrogen and oxygen atoms in total. The number of amides is 1. The first-order valence-electron chi connectivity index (χ1n) is 13.8. The number of ether oxygens (including phenoxy) is 1. The Morgan fingerprint density at radius 2 is 1.90 bits per heavy atom. The van der Waals surface area contributed by atoms with E-state index in [0.717, 1.165) is 88.0 Å². The number of thiophene rings is 1. The summed E-state index contributed by atoms with van der Waals surface area (Å²) in [5.41, 5.74) is 1.82. The molecule has 40 heavy (non-hydrogen) atoms. The molecule has 1 amide bonds. The lowest BCUT2D eigenvalue weighted by Crippen LogP contribution is -2.46. The first-order chi connectivity index (χ1) is 19.3. The summed E-state index contributed by atoms with van der Waals surface area (Å²) in [5.74, 6) is 0.671. The molecule has 3 aromatic rings. The molecule has 0 radical (unpaired) electrons. The predicted octanol–water partition coefficient (Wildman–Crippen LogP) is 4.33. The summed E-state index contributed by atoms with van der Waals surface area (Å²) >= 11 is 1.09. The molecule has 1 aliphatic carbocycles. The Kier molecular flexibility index (Phi) is 7.58. The number of carbonyl (C=O) groups excluding carboxylic acids is 1. The molecular weight excluding hydrogens is 541 g/mol. The number of rotatable bonds is 8. The van der Waals surface area contributed by atoms with Crippen LogP contribution in [-0.4, -0.2) is 85.5 Å². The number of carbonyl (C=O) groups is 1. The number of anilines is 2. The van der Waals surface area contributed by atoms with E-state index < -0.39 is 12.6 Å². The van der Waals surface area contributed by atoms with E-state index in [9.17, 15) is 18.0 Å². The summed E-state index contributed by atoms with van der Waals surface area (Å²) in [6.07, 6.45) is -0.661. The van der Waals surface area contributed by atoms with Crippen molar-refractivity contribution in [2.75, 3.05) is 62.7 Å². The van der Waals surface area contributed by atoms with Crippen LogP contribution in [-0.2, 0) is 11.2 Å².